The van der Waals surface area contributed by atoms with Crippen LogP contribution in [-0.4, -0.2) is 58.5 Å². The summed E-state index contributed by atoms with van der Waals surface area (Å²) in [6, 6.07) is 4.45. The third kappa shape index (κ3) is 5.60. The van der Waals surface area contributed by atoms with E-state index in [1.54, 1.807) is 6.20 Å². The molecule has 10 nitrogen and oxygen atoms in total. The lowest BCUT2D eigenvalue weighted by Gasteiger charge is -2.20. The first kappa shape index (κ1) is 22.3. The van der Waals surface area contributed by atoms with Crippen LogP contribution < -0.4 is 21.7 Å². The topological polar surface area (TPSA) is 166 Å². The van der Waals surface area contributed by atoms with Crippen LogP contribution in [-0.2, 0) is 25.6 Å². The van der Waals surface area contributed by atoms with Crippen LogP contribution in [0, 0.1) is 0 Å². The first-order valence-electron chi connectivity index (χ1n) is 10.3. The molecule has 31 heavy (non-hydrogen) atoms. The van der Waals surface area contributed by atoms with Crippen LogP contribution in [0.15, 0.2) is 30.5 Å². The molecule has 3 rings (SSSR count). The molecule has 3 atom stereocenters. The van der Waals surface area contributed by atoms with Gasteiger partial charge in [0.15, 0.2) is 0 Å². The van der Waals surface area contributed by atoms with Crippen molar-refractivity contribution in [1.82, 2.24) is 20.9 Å². The Morgan fingerprint density at radius 3 is 2.32 bits per heavy atom. The summed E-state index contributed by atoms with van der Waals surface area (Å²) in [5, 5.41) is 17.9. The van der Waals surface area contributed by atoms with Crippen molar-refractivity contribution in [2.45, 2.75) is 50.2 Å². The van der Waals surface area contributed by atoms with Gasteiger partial charge in [-0.15, -0.1) is 0 Å². The summed E-state index contributed by atoms with van der Waals surface area (Å²) in [6.07, 6.45) is 2.99. The largest absolute Gasteiger partial charge is 0.481 e. The van der Waals surface area contributed by atoms with E-state index in [2.05, 4.69) is 20.9 Å². The molecule has 3 amide bonds. The van der Waals surface area contributed by atoms with Gasteiger partial charge in [0.05, 0.1) is 6.42 Å². The number of unbranched alkanes of at least 4 members (excludes halogenated alkanes) is 1. The fraction of sp³-hybridized carbons (Fsp3) is 0.429. The number of rotatable bonds is 8. The minimum absolute atomic E-state index is 0.186. The van der Waals surface area contributed by atoms with E-state index >= 15 is 0 Å². The maximum absolute atomic E-state index is 12.9. The van der Waals surface area contributed by atoms with E-state index in [0.29, 0.717) is 25.8 Å². The zero-order chi connectivity index (χ0) is 22.4. The molecule has 0 spiro atoms. The van der Waals surface area contributed by atoms with Crippen molar-refractivity contribution < 1.29 is 24.3 Å². The number of aromatic amines is 1. The van der Waals surface area contributed by atoms with Crippen molar-refractivity contribution in [2.24, 2.45) is 5.73 Å². The summed E-state index contributed by atoms with van der Waals surface area (Å²) in [5.74, 6) is -3.02. The quantitative estimate of drug-likeness (QED) is 0.317. The normalized spacial score (nSPS) is 22.1. The number of para-hydroxylation sites is 1. The second-order valence-electron chi connectivity index (χ2n) is 7.63. The maximum atomic E-state index is 12.9. The van der Waals surface area contributed by atoms with E-state index in [1.807, 2.05) is 24.3 Å². The zero-order valence-electron chi connectivity index (χ0n) is 17.0. The highest BCUT2D eigenvalue weighted by Gasteiger charge is 2.34. The summed E-state index contributed by atoms with van der Waals surface area (Å²) in [6.45, 7) is 0.452. The fourth-order valence-corrected chi connectivity index (χ4v) is 3.69. The number of fused-ring (bicyclic) bond motifs is 1. The Morgan fingerprint density at radius 1 is 0.935 bits per heavy atom. The first-order chi connectivity index (χ1) is 14.9. The number of aromatic nitrogens is 1. The molecule has 10 heteroatoms. The smallest absolute Gasteiger partial charge is 0.305 e. The van der Waals surface area contributed by atoms with Gasteiger partial charge in [-0.1, -0.05) is 18.2 Å². The van der Waals surface area contributed by atoms with Gasteiger partial charge in [-0.05, 0) is 37.4 Å². The van der Waals surface area contributed by atoms with Gasteiger partial charge in [-0.3, -0.25) is 19.2 Å². The molecule has 1 aromatic heterocycles. The molecule has 0 bridgehead atoms. The summed E-state index contributed by atoms with van der Waals surface area (Å²) >= 11 is 0. The second-order valence-corrected chi connectivity index (χ2v) is 7.63. The molecule has 0 unspecified atom stereocenters. The molecular formula is C21H27N5O5. The lowest BCUT2D eigenvalue weighted by molar-refractivity contribution is -0.140. The summed E-state index contributed by atoms with van der Waals surface area (Å²) < 4.78 is 0. The standard InChI is InChI=1S/C21H27N5O5/c22-8-4-3-7-15-19(29)25-16(9-12-11-23-14-6-2-1-5-13(12)14)20(30)26-17(10-18(27)28)21(31)24-15/h1-2,5-6,11,15-17,23H,3-4,7-10,22H2,(H,24,31)(H,25,29)(H,26,30)(H,27,28)/t15-,16+,17-/m1/s1. The Balaban J connectivity index is 1.87. The Labute approximate surface area is 178 Å². The molecule has 166 valence electrons. The highest BCUT2D eigenvalue weighted by molar-refractivity contribution is 5.98. The highest BCUT2D eigenvalue weighted by Crippen LogP contribution is 2.19. The molecule has 0 radical (unpaired) electrons. The number of carboxylic acid groups (broad SMARTS) is 1. The average molecular weight is 429 g/mol. The third-order valence-electron chi connectivity index (χ3n) is 5.32. The maximum Gasteiger partial charge on any atom is 0.305 e. The molecule has 2 aromatic rings. The van der Waals surface area contributed by atoms with Gasteiger partial charge in [-0.25, -0.2) is 0 Å². The second kappa shape index (κ2) is 10.1. The van der Waals surface area contributed by atoms with Gasteiger partial charge in [-0.2, -0.15) is 0 Å². The number of aliphatic carboxylic acids is 1. The molecule has 1 aromatic carbocycles. The lowest BCUT2D eigenvalue weighted by atomic mass is 10.0. The molecule has 1 aliphatic rings. The molecule has 1 aliphatic heterocycles. The van der Waals surface area contributed by atoms with E-state index in [1.165, 1.54) is 0 Å². The van der Waals surface area contributed by atoms with Gasteiger partial charge in [0, 0.05) is 23.5 Å². The number of nitrogens with two attached hydrogens (primary N) is 1. The summed E-state index contributed by atoms with van der Waals surface area (Å²) in [7, 11) is 0. The first-order valence-corrected chi connectivity index (χ1v) is 10.3. The Bertz CT molecular complexity index is 972. The minimum Gasteiger partial charge on any atom is -0.481 e. The molecule has 7 N–H and O–H groups in total. The molecule has 1 fully saturated rings. The van der Waals surface area contributed by atoms with Gasteiger partial charge in [0.1, 0.15) is 18.1 Å². The Kier molecular flexibility index (Phi) is 7.24. The van der Waals surface area contributed by atoms with Crippen LogP contribution in [0.3, 0.4) is 0 Å². The number of nitrogens with one attached hydrogen (secondary N) is 4. The van der Waals surface area contributed by atoms with Gasteiger partial charge >= 0.3 is 5.97 Å². The SMILES string of the molecule is NCCCC[C@H]1NC(=O)[C@@H](CC(=O)O)NC(=O)[C@H](Cc2c[nH]c3ccccc23)NC1=O. The average Bonchev–Trinajstić information content (AvgIpc) is 3.15. The monoisotopic (exact) mass is 429 g/mol. The van der Waals surface area contributed by atoms with Crippen molar-refractivity contribution >= 4 is 34.6 Å². The van der Waals surface area contributed by atoms with E-state index in [0.717, 1.165) is 16.5 Å². The van der Waals surface area contributed by atoms with Crippen molar-refractivity contribution in [3.8, 4) is 0 Å². The summed E-state index contributed by atoms with van der Waals surface area (Å²) in [4.78, 5) is 52.7. The van der Waals surface area contributed by atoms with E-state index in [-0.39, 0.29) is 6.42 Å². The number of carboxylic acids is 1. The van der Waals surface area contributed by atoms with Gasteiger partial charge < -0.3 is 31.8 Å². The molecule has 0 saturated carbocycles. The van der Waals surface area contributed by atoms with Crippen molar-refractivity contribution in [1.29, 1.82) is 0 Å². The Morgan fingerprint density at radius 2 is 1.58 bits per heavy atom. The number of amides is 3. The van der Waals surface area contributed by atoms with Gasteiger partial charge in [0.2, 0.25) is 17.7 Å². The predicted octanol–water partition coefficient (Wildman–Crippen LogP) is -0.218. The van der Waals surface area contributed by atoms with Crippen LogP contribution in [0.25, 0.3) is 10.9 Å². The number of hydrogen-bond donors (Lipinski definition) is 6. The number of benzene rings is 1. The van der Waals surface area contributed by atoms with E-state index in [4.69, 9.17) is 10.8 Å². The van der Waals surface area contributed by atoms with Gasteiger partial charge in [0.25, 0.3) is 0 Å². The lowest BCUT2D eigenvalue weighted by Crippen LogP contribution is -2.52. The van der Waals surface area contributed by atoms with Crippen LogP contribution in [0.5, 0.6) is 0 Å². The molecule has 1 saturated heterocycles. The predicted molar refractivity (Wildman–Crippen MR) is 113 cm³/mol. The minimum atomic E-state index is -1.28. The fourth-order valence-electron chi connectivity index (χ4n) is 3.69. The highest BCUT2D eigenvalue weighted by atomic mass is 16.4. The molecular weight excluding hydrogens is 402 g/mol. The van der Waals surface area contributed by atoms with Crippen LogP contribution in [0.2, 0.25) is 0 Å². The number of H-pyrrole nitrogens is 1. The van der Waals surface area contributed by atoms with Crippen LogP contribution in [0.4, 0.5) is 0 Å². The Hall–Kier alpha value is -3.40. The third-order valence-corrected chi connectivity index (χ3v) is 5.32. The number of hydrogen-bond acceptors (Lipinski definition) is 5. The van der Waals surface area contributed by atoms with Crippen LogP contribution >= 0.6 is 0 Å². The number of carbonyl (C=O) groups is 4. The van der Waals surface area contributed by atoms with E-state index in [9.17, 15) is 19.2 Å². The number of carbonyl (C=O) groups excluding carboxylic acids is 3. The molecule has 0 aliphatic carbocycles. The zero-order valence-corrected chi connectivity index (χ0v) is 17.0. The van der Waals surface area contributed by atoms with Crippen molar-refractivity contribution in [3.63, 3.8) is 0 Å². The van der Waals surface area contributed by atoms with E-state index < -0.39 is 48.2 Å². The van der Waals surface area contributed by atoms with Crippen molar-refractivity contribution in [2.75, 3.05) is 6.54 Å². The molecule has 2 heterocycles. The van der Waals surface area contributed by atoms with Crippen molar-refractivity contribution in [3.05, 3.63) is 36.0 Å². The van der Waals surface area contributed by atoms with Crippen LogP contribution in [0.1, 0.15) is 31.2 Å². The summed E-state index contributed by atoms with van der Waals surface area (Å²) in [5.41, 5.74) is 7.23.